The highest BCUT2D eigenvalue weighted by Gasteiger charge is 2.30. The minimum absolute atomic E-state index is 0.0970. The van der Waals surface area contributed by atoms with Crippen LogP contribution in [0.5, 0.6) is 0 Å². The molecule has 1 heterocycles. The Morgan fingerprint density at radius 2 is 2.10 bits per heavy atom. The second kappa shape index (κ2) is 6.05. The second-order valence-electron chi connectivity index (χ2n) is 5.86. The maximum absolute atomic E-state index is 13.1. The molecule has 0 unspecified atom stereocenters. The first-order valence-electron chi connectivity index (χ1n) is 7.10. The Morgan fingerprint density at radius 3 is 2.62 bits per heavy atom. The van der Waals surface area contributed by atoms with E-state index in [1.165, 1.54) is 18.3 Å². The van der Waals surface area contributed by atoms with Gasteiger partial charge >= 0.3 is 0 Å². The third kappa shape index (κ3) is 3.75. The van der Waals surface area contributed by atoms with Crippen molar-refractivity contribution in [3.63, 3.8) is 0 Å². The largest absolute Gasteiger partial charge is 0.348 e. The first-order valence-corrected chi connectivity index (χ1v) is 7.10. The van der Waals surface area contributed by atoms with Gasteiger partial charge < -0.3 is 10.2 Å². The summed E-state index contributed by atoms with van der Waals surface area (Å²) in [5, 5.41) is 2.98. The lowest BCUT2D eigenvalue weighted by Crippen LogP contribution is -2.46. The van der Waals surface area contributed by atoms with Gasteiger partial charge in [0.15, 0.2) is 0 Å². The van der Waals surface area contributed by atoms with E-state index in [1.807, 2.05) is 14.1 Å². The number of nitrogens with zero attached hydrogens (tertiary/aromatic N) is 2. The summed E-state index contributed by atoms with van der Waals surface area (Å²) >= 11 is 0. The average Bonchev–Trinajstić information content (AvgIpc) is 2.86. The minimum atomic E-state index is -2.99. The van der Waals surface area contributed by atoms with Crippen LogP contribution in [0, 0.1) is 0 Å². The van der Waals surface area contributed by atoms with Gasteiger partial charge in [0.2, 0.25) is 0 Å². The Labute approximate surface area is 123 Å². The molecule has 1 aliphatic carbocycles. The van der Waals surface area contributed by atoms with E-state index < -0.39 is 5.92 Å². The van der Waals surface area contributed by atoms with E-state index in [9.17, 15) is 13.6 Å². The SMILES string of the molecule is CN(C)[C@@H]1CCC[C@H]1NC(=O)c1ccc(C(C)(F)F)nc1. The molecule has 21 heavy (non-hydrogen) atoms. The number of halogens is 2. The van der Waals surface area contributed by atoms with Crippen LogP contribution in [0.2, 0.25) is 0 Å². The molecule has 1 fully saturated rings. The molecular weight excluding hydrogens is 276 g/mol. The molecule has 1 saturated carbocycles. The van der Waals surface area contributed by atoms with Crippen LogP contribution in [0.3, 0.4) is 0 Å². The number of nitrogens with one attached hydrogen (secondary N) is 1. The molecule has 116 valence electrons. The number of aromatic nitrogens is 1. The number of pyridine rings is 1. The number of alkyl halides is 2. The van der Waals surface area contributed by atoms with Crippen LogP contribution in [0.4, 0.5) is 8.78 Å². The highest BCUT2D eigenvalue weighted by Crippen LogP contribution is 2.25. The predicted octanol–water partition coefficient (Wildman–Crippen LogP) is 2.41. The summed E-state index contributed by atoms with van der Waals surface area (Å²) in [6.07, 6.45) is 4.28. The zero-order valence-electron chi connectivity index (χ0n) is 12.6. The Hall–Kier alpha value is -1.56. The molecule has 4 nitrogen and oxygen atoms in total. The van der Waals surface area contributed by atoms with Crippen molar-refractivity contribution >= 4 is 5.91 Å². The molecule has 0 aromatic carbocycles. The van der Waals surface area contributed by atoms with Gasteiger partial charge in [-0.15, -0.1) is 0 Å². The molecule has 6 heteroatoms. The van der Waals surface area contributed by atoms with Gasteiger partial charge in [0.05, 0.1) is 5.56 Å². The van der Waals surface area contributed by atoms with Gasteiger partial charge in [0.25, 0.3) is 11.8 Å². The summed E-state index contributed by atoms with van der Waals surface area (Å²) in [4.78, 5) is 18.0. The Balaban J connectivity index is 2.04. The summed E-state index contributed by atoms with van der Waals surface area (Å²) < 4.78 is 26.2. The molecule has 1 aliphatic rings. The van der Waals surface area contributed by atoms with Gasteiger partial charge in [-0.05, 0) is 45.5 Å². The lowest BCUT2D eigenvalue weighted by atomic mass is 10.1. The van der Waals surface area contributed by atoms with Gasteiger partial charge in [0.1, 0.15) is 5.69 Å². The molecular formula is C15H21F2N3O. The van der Waals surface area contributed by atoms with E-state index in [-0.39, 0.29) is 17.6 Å². The number of likely N-dealkylation sites (N-methyl/N-ethyl adjacent to an activating group) is 1. The average molecular weight is 297 g/mol. The zero-order valence-corrected chi connectivity index (χ0v) is 12.6. The molecule has 1 N–H and O–H groups in total. The van der Waals surface area contributed by atoms with Crippen molar-refractivity contribution in [1.82, 2.24) is 15.2 Å². The van der Waals surface area contributed by atoms with Crippen molar-refractivity contribution < 1.29 is 13.6 Å². The molecule has 1 aromatic rings. The fraction of sp³-hybridized carbons (Fsp3) is 0.600. The molecule has 0 bridgehead atoms. The summed E-state index contributed by atoms with van der Waals surface area (Å²) in [5.74, 6) is -3.25. The molecule has 2 rings (SSSR count). The third-order valence-electron chi connectivity index (χ3n) is 3.93. The molecule has 2 atom stereocenters. The van der Waals surface area contributed by atoms with Crippen LogP contribution in [0.1, 0.15) is 42.2 Å². The van der Waals surface area contributed by atoms with Crippen molar-refractivity contribution in [2.45, 2.75) is 44.2 Å². The normalized spacial score (nSPS) is 22.6. The molecule has 0 radical (unpaired) electrons. The van der Waals surface area contributed by atoms with Crippen LogP contribution in [-0.4, -0.2) is 42.0 Å². The molecule has 0 spiro atoms. The minimum Gasteiger partial charge on any atom is -0.348 e. The van der Waals surface area contributed by atoms with Crippen molar-refractivity contribution in [2.24, 2.45) is 0 Å². The van der Waals surface area contributed by atoms with Crippen LogP contribution in [0.15, 0.2) is 18.3 Å². The van der Waals surface area contributed by atoms with E-state index in [1.54, 1.807) is 0 Å². The van der Waals surface area contributed by atoms with Gasteiger partial charge in [-0.3, -0.25) is 9.78 Å². The van der Waals surface area contributed by atoms with Gasteiger partial charge in [-0.1, -0.05) is 0 Å². The summed E-state index contributed by atoms with van der Waals surface area (Å²) in [5.41, 5.74) is -0.0153. The van der Waals surface area contributed by atoms with Crippen molar-refractivity contribution in [3.05, 3.63) is 29.6 Å². The fourth-order valence-electron chi connectivity index (χ4n) is 2.77. The van der Waals surface area contributed by atoms with E-state index in [4.69, 9.17) is 0 Å². The summed E-state index contributed by atoms with van der Waals surface area (Å²) in [6, 6.07) is 3.02. The van der Waals surface area contributed by atoms with E-state index in [0.717, 1.165) is 26.2 Å². The maximum Gasteiger partial charge on any atom is 0.286 e. The van der Waals surface area contributed by atoms with Crippen molar-refractivity contribution in [3.8, 4) is 0 Å². The standard InChI is InChI=1S/C15H21F2N3O/c1-15(16,17)13-8-7-10(9-18-13)14(21)19-11-5-4-6-12(11)20(2)3/h7-9,11-12H,4-6H2,1-3H3,(H,19,21)/t11-,12-/m1/s1. The summed E-state index contributed by atoms with van der Waals surface area (Å²) in [6.45, 7) is 0.787. The van der Waals surface area contributed by atoms with Gasteiger partial charge in [-0.2, -0.15) is 8.78 Å². The molecule has 1 aromatic heterocycles. The van der Waals surface area contributed by atoms with Crippen LogP contribution in [-0.2, 0) is 5.92 Å². The smallest absolute Gasteiger partial charge is 0.286 e. The fourth-order valence-corrected chi connectivity index (χ4v) is 2.77. The second-order valence-corrected chi connectivity index (χ2v) is 5.86. The van der Waals surface area contributed by atoms with Crippen LogP contribution in [0.25, 0.3) is 0 Å². The van der Waals surface area contributed by atoms with Gasteiger partial charge in [-0.25, -0.2) is 0 Å². The topological polar surface area (TPSA) is 45.2 Å². The highest BCUT2D eigenvalue weighted by atomic mass is 19.3. The number of hydrogen-bond donors (Lipinski definition) is 1. The monoisotopic (exact) mass is 297 g/mol. The number of rotatable bonds is 4. The molecule has 0 saturated heterocycles. The third-order valence-corrected chi connectivity index (χ3v) is 3.93. The van der Waals surface area contributed by atoms with E-state index in [2.05, 4.69) is 15.2 Å². The molecule has 1 amide bonds. The summed E-state index contributed by atoms with van der Waals surface area (Å²) in [7, 11) is 3.99. The highest BCUT2D eigenvalue weighted by molar-refractivity contribution is 5.94. The quantitative estimate of drug-likeness (QED) is 0.928. The van der Waals surface area contributed by atoms with Crippen molar-refractivity contribution in [1.29, 1.82) is 0 Å². The predicted molar refractivity (Wildman–Crippen MR) is 76.4 cm³/mol. The van der Waals surface area contributed by atoms with Gasteiger partial charge in [0, 0.05) is 25.2 Å². The van der Waals surface area contributed by atoms with Crippen molar-refractivity contribution in [2.75, 3.05) is 14.1 Å². The molecule has 0 aliphatic heterocycles. The first-order chi connectivity index (χ1) is 9.79. The Morgan fingerprint density at radius 1 is 1.38 bits per heavy atom. The maximum atomic E-state index is 13.1. The number of carbonyl (C=O) groups excluding carboxylic acids is 1. The lowest BCUT2D eigenvalue weighted by molar-refractivity contribution is 0.0127. The zero-order chi connectivity index (χ0) is 15.6. The lowest BCUT2D eigenvalue weighted by Gasteiger charge is -2.26. The number of carbonyl (C=O) groups is 1. The van der Waals surface area contributed by atoms with Crippen LogP contribution >= 0.6 is 0 Å². The number of amides is 1. The Kier molecular flexibility index (Phi) is 4.56. The van der Waals surface area contributed by atoms with Crippen LogP contribution < -0.4 is 5.32 Å². The number of hydrogen-bond acceptors (Lipinski definition) is 3. The van der Waals surface area contributed by atoms with E-state index in [0.29, 0.717) is 11.6 Å². The Bertz CT molecular complexity index is 497. The first kappa shape index (κ1) is 15.8. The van der Waals surface area contributed by atoms with E-state index >= 15 is 0 Å².